The lowest BCUT2D eigenvalue weighted by Crippen LogP contribution is -2.15. The molecule has 1 unspecified atom stereocenters. The van der Waals surface area contributed by atoms with Crippen LogP contribution in [0.2, 0.25) is 0 Å². The lowest BCUT2D eigenvalue weighted by Gasteiger charge is -2.11. The highest BCUT2D eigenvalue weighted by Gasteiger charge is 2.20. The van der Waals surface area contributed by atoms with E-state index in [2.05, 4.69) is 15.9 Å². The van der Waals surface area contributed by atoms with Crippen molar-refractivity contribution >= 4 is 33.5 Å². The first-order valence-corrected chi connectivity index (χ1v) is 7.56. The van der Waals surface area contributed by atoms with Gasteiger partial charge in [-0.25, -0.2) is 8.78 Å². The number of Topliss-reactive ketones (excluding diaryl/α,β-unsaturated/α-hetero) is 1. The van der Waals surface area contributed by atoms with Crippen molar-refractivity contribution in [3.05, 3.63) is 64.1 Å². The van der Waals surface area contributed by atoms with Crippen LogP contribution in [0.25, 0.3) is 0 Å². The third-order valence-corrected chi connectivity index (χ3v) is 4.26. The van der Waals surface area contributed by atoms with E-state index in [1.165, 1.54) is 17.8 Å². The molecule has 0 bridgehead atoms. The SMILES string of the molecule is CC(Sc1cccc(Br)c1)C(=O)c1ccc(F)cc1F. The summed E-state index contributed by atoms with van der Waals surface area (Å²) in [4.78, 5) is 13.1. The van der Waals surface area contributed by atoms with Crippen LogP contribution in [0.15, 0.2) is 51.8 Å². The van der Waals surface area contributed by atoms with Gasteiger partial charge in [0, 0.05) is 15.4 Å². The Morgan fingerprint density at radius 3 is 2.60 bits per heavy atom. The summed E-state index contributed by atoms with van der Waals surface area (Å²) in [6.45, 7) is 1.71. The fourth-order valence-corrected chi connectivity index (χ4v) is 3.25. The van der Waals surface area contributed by atoms with Gasteiger partial charge >= 0.3 is 0 Å². The minimum atomic E-state index is -0.823. The summed E-state index contributed by atoms with van der Waals surface area (Å²) in [5, 5.41) is -0.454. The number of benzene rings is 2. The lowest BCUT2D eigenvalue weighted by atomic mass is 10.1. The monoisotopic (exact) mass is 356 g/mol. The predicted octanol–water partition coefficient (Wildman–Crippen LogP) is 5.09. The highest BCUT2D eigenvalue weighted by molar-refractivity contribution is 9.10. The van der Waals surface area contributed by atoms with Crippen LogP contribution in [0.1, 0.15) is 17.3 Å². The number of rotatable bonds is 4. The molecule has 2 aromatic rings. The van der Waals surface area contributed by atoms with Gasteiger partial charge in [0.2, 0.25) is 0 Å². The molecule has 0 N–H and O–H groups in total. The molecule has 1 nitrogen and oxygen atoms in total. The van der Waals surface area contributed by atoms with E-state index in [4.69, 9.17) is 0 Å². The summed E-state index contributed by atoms with van der Waals surface area (Å²) in [7, 11) is 0. The van der Waals surface area contributed by atoms with Crippen LogP contribution in [0.4, 0.5) is 8.78 Å². The number of carbonyl (C=O) groups is 1. The number of carbonyl (C=O) groups excluding carboxylic acids is 1. The molecule has 0 saturated heterocycles. The molecule has 2 aromatic carbocycles. The Labute approximate surface area is 128 Å². The first kappa shape index (κ1) is 15.2. The Kier molecular flexibility index (Phi) is 4.94. The molecule has 0 aromatic heterocycles. The normalized spacial score (nSPS) is 12.2. The Hall–Kier alpha value is -1.20. The van der Waals surface area contributed by atoms with Crippen molar-refractivity contribution in [3.8, 4) is 0 Å². The molecule has 0 aliphatic rings. The molecule has 104 valence electrons. The molecule has 0 radical (unpaired) electrons. The van der Waals surface area contributed by atoms with Gasteiger partial charge in [0.25, 0.3) is 0 Å². The van der Waals surface area contributed by atoms with E-state index in [1.807, 2.05) is 24.3 Å². The van der Waals surface area contributed by atoms with Crippen LogP contribution in [-0.2, 0) is 0 Å². The quantitative estimate of drug-likeness (QED) is 0.560. The van der Waals surface area contributed by atoms with Crippen molar-refractivity contribution in [2.45, 2.75) is 17.1 Å². The predicted molar refractivity (Wildman–Crippen MR) is 80.1 cm³/mol. The minimum absolute atomic E-state index is 0.0820. The largest absolute Gasteiger partial charge is 0.293 e. The van der Waals surface area contributed by atoms with Gasteiger partial charge in [0.05, 0.1) is 10.8 Å². The zero-order valence-corrected chi connectivity index (χ0v) is 13.0. The van der Waals surface area contributed by atoms with Crippen LogP contribution >= 0.6 is 27.7 Å². The van der Waals surface area contributed by atoms with E-state index in [0.29, 0.717) is 0 Å². The fraction of sp³-hybridized carbons (Fsp3) is 0.133. The molecule has 0 saturated carbocycles. The maximum atomic E-state index is 13.6. The van der Waals surface area contributed by atoms with Crippen molar-refractivity contribution in [1.29, 1.82) is 0 Å². The summed E-state index contributed by atoms with van der Waals surface area (Å²) in [5.41, 5.74) is -0.0820. The summed E-state index contributed by atoms with van der Waals surface area (Å²) in [6.07, 6.45) is 0. The first-order chi connectivity index (χ1) is 9.47. The third-order valence-electron chi connectivity index (χ3n) is 2.67. The Morgan fingerprint density at radius 1 is 1.20 bits per heavy atom. The average Bonchev–Trinajstić information content (AvgIpc) is 2.38. The number of hydrogen-bond acceptors (Lipinski definition) is 2. The smallest absolute Gasteiger partial charge is 0.178 e. The molecule has 20 heavy (non-hydrogen) atoms. The third kappa shape index (κ3) is 3.67. The van der Waals surface area contributed by atoms with Crippen molar-refractivity contribution in [3.63, 3.8) is 0 Å². The van der Waals surface area contributed by atoms with Crippen LogP contribution in [0, 0.1) is 11.6 Å². The summed E-state index contributed by atoms with van der Waals surface area (Å²) in [6, 6.07) is 10.5. The van der Waals surface area contributed by atoms with E-state index in [0.717, 1.165) is 21.5 Å². The Balaban J connectivity index is 2.16. The zero-order chi connectivity index (χ0) is 14.7. The molecule has 0 heterocycles. The fourth-order valence-electron chi connectivity index (χ4n) is 1.71. The molecule has 0 aliphatic carbocycles. The minimum Gasteiger partial charge on any atom is -0.293 e. The van der Waals surface area contributed by atoms with Gasteiger partial charge < -0.3 is 0 Å². The van der Waals surface area contributed by atoms with Gasteiger partial charge in [-0.3, -0.25) is 4.79 Å². The molecule has 2 rings (SSSR count). The van der Waals surface area contributed by atoms with E-state index < -0.39 is 16.9 Å². The van der Waals surface area contributed by atoms with E-state index >= 15 is 0 Å². The van der Waals surface area contributed by atoms with Crippen LogP contribution in [0.5, 0.6) is 0 Å². The van der Waals surface area contributed by atoms with Gasteiger partial charge in [0.1, 0.15) is 11.6 Å². The highest BCUT2D eigenvalue weighted by atomic mass is 79.9. The summed E-state index contributed by atoms with van der Waals surface area (Å²) < 4.78 is 27.3. The Morgan fingerprint density at radius 2 is 1.95 bits per heavy atom. The number of ketones is 1. The number of halogens is 3. The van der Waals surface area contributed by atoms with Crippen molar-refractivity contribution < 1.29 is 13.6 Å². The van der Waals surface area contributed by atoms with Crippen molar-refractivity contribution in [1.82, 2.24) is 0 Å². The maximum absolute atomic E-state index is 13.6. The molecule has 0 fully saturated rings. The second-order valence-electron chi connectivity index (χ2n) is 4.21. The van der Waals surface area contributed by atoms with Crippen LogP contribution in [0.3, 0.4) is 0 Å². The van der Waals surface area contributed by atoms with Gasteiger partial charge in [-0.05, 0) is 37.3 Å². The molecule has 1 atom stereocenters. The Bertz CT molecular complexity index is 646. The summed E-state index contributed by atoms with van der Waals surface area (Å²) >= 11 is 4.69. The summed E-state index contributed by atoms with van der Waals surface area (Å²) in [5.74, 6) is -1.87. The lowest BCUT2D eigenvalue weighted by molar-refractivity contribution is 0.0990. The molecule has 0 aliphatic heterocycles. The zero-order valence-electron chi connectivity index (χ0n) is 10.6. The van der Waals surface area contributed by atoms with Gasteiger partial charge in [-0.1, -0.05) is 22.0 Å². The average molecular weight is 357 g/mol. The molecule has 5 heteroatoms. The number of hydrogen-bond donors (Lipinski definition) is 0. The standard InChI is InChI=1S/C15H11BrF2OS/c1-9(20-12-4-2-3-10(16)7-12)15(19)13-6-5-11(17)8-14(13)18/h2-9H,1H3. The highest BCUT2D eigenvalue weighted by Crippen LogP contribution is 2.28. The van der Waals surface area contributed by atoms with E-state index in [1.54, 1.807) is 6.92 Å². The molecular formula is C15H11BrF2OS. The van der Waals surface area contributed by atoms with Crippen LogP contribution in [-0.4, -0.2) is 11.0 Å². The van der Waals surface area contributed by atoms with Crippen LogP contribution < -0.4 is 0 Å². The maximum Gasteiger partial charge on any atom is 0.178 e. The first-order valence-electron chi connectivity index (χ1n) is 5.89. The number of thioether (sulfide) groups is 1. The van der Waals surface area contributed by atoms with Gasteiger partial charge in [0.15, 0.2) is 5.78 Å². The second kappa shape index (κ2) is 6.50. The topological polar surface area (TPSA) is 17.1 Å². The second-order valence-corrected chi connectivity index (χ2v) is 6.54. The van der Waals surface area contributed by atoms with E-state index in [9.17, 15) is 13.6 Å². The molecular weight excluding hydrogens is 346 g/mol. The molecule has 0 amide bonds. The molecule has 0 spiro atoms. The van der Waals surface area contributed by atoms with Crippen molar-refractivity contribution in [2.24, 2.45) is 0 Å². The van der Waals surface area contributed by atoms with E-state index in [-0.39, 0.29) is 11.3 Å². The van der Waals surface area contributed by atoms with Gasteiger partial charge in [-0.15, -0.1) is 11.8 Å². The van der Waals surface area contributed by atoms with Crippen molar-refractivity contribution in [2.75, 3.05) is 0 Å². The van der Waals surface area contributed by atoms with Gasteiger partial charge in [-0.2, -0.15) is 0 Å².